The van der Waals surface area contributed by atoms with Crippen LogP contribution in [0.3, 0.4) is 0 Å². The molecular formula is C14H26N4. The van der Waals surface area contributed by atoms with Gasteiger partial charge in [-0.1, -0.05) is 20.8 Å². The van der Waals surface area contributed by atoms with Crippen LogP contribution in [0.5, 0.6) is 0 Å². The fourth-order valence-corrected chi connectivity index (χ4v) is 1.68. The zero-order chi connectivity index (χ0) is 13.4. The summed E-state index contributed by atoms with van der Waals surface area (Å²) in [6.45, 7) is 9.76. The third kappa shape index (κ3) is 5.84. The molecule has 0 spiro atoms. The number of nitrogens with zero attached hydrogens (tertiary/aromatic N) is 2. The van der Waals surface area contributed by atoms with Gasteiger partial charge in [0, 0.05) is 12.6 Å². The first-order valence-electron chi connectivity index (χ1n) is 6.94. The lowest BCUT2D eigenvalue weighted by Gasteiger charge is -2.16. The zero-order valence-corrected chi connectivity index (χ0v) is 12.0. The molecular weight excluding hydrogens is 224 g/mol. The molecule has 0 saturated carbocycles. The summed E-state index contributed by atoms with van der Waals surface area (Å²) in [5.74, 6) is 2.45. The van der Waals surface area contributed by atoms with Crippen LogP contribution in [-0.2, 0) is 0 Å². The highest BCUT2D eigenvalue weighted by molar-refractivity contribution is 5.41. The first-order valence-corrected chi connectivity index (χ1v) is 6.94. The molecule has 0 radical (unpaired) electrons. The van der Waals surface area contributed by atoms with E-state index >= 15 is 0 Å². The highest BCUT2D eigenvalue weighted by Gasteiger charge is 2.05. The molecule has 0 aromatic carbocycles. The van der Waals surface area contributed by atoms with E-state index in [4.69, 9.17) is 0 Å². The predicted octanol–water partition coefficient (Wildman–Crippen LogP) is 3.54. The summed E-state index contributed by atoms with van der Waals surface area (Å²) in [6.07, 6.45) is 7.02. The minimum absolute atomic E-state index is 0.433. The number of rotatable bonds is 8. The standard InChI is InChI=1S/C14H26N4/c1-5-8-16-13-9-15-10-14(18-13)17-12(4)7-6-11(2)3/h9-12H,5-8H2,1-4H3,(H2,16,17,18). The molecule has 102 valence electrons. The Hall–Kier alpha value is -1.32. The molecule has 1 aromatic heterocycles. The molecule has 0 aliphatic rings. The fraction of sp³-hybridized carbons (Fsp3) is 0.714. The lowest BCUT2D eigenvalue weighted by Crippen LogP contribution is -2.17. The number of nitrogens with one attached hydrogen (secondary N) is 2. The quantitative estimate of drug-likeness (QED) is 0.741. The van der Waals surface area contributed by atoms with Crippen molar-refractivity contribution >= 4 is 11.6 Å². The summed E-state index contributed by atoms with van der Waals surface area (Å²) >= 11 is 0. The van der Waals surface area contributed by atoms with E-state index in [0.29, 0.717) is 6.04 Å². The highest BCUT2D eigenvalue weighted by atomic mass is 15.1. The maximum absolute atomic E-state index is 4.49. The molecule has 0 aliphatic carbocycles. The van der Waals surface area contributed by atoms with E-state index < -0.39 is 0 Å². The van der Waals surface area contributed by atoms with Gasteiger partial charge in [0.1, 0.15) is 11.6 Å². The minimum atomic E-state index is 0.433. The van der Waals surface area contributed by atoms with Gasteiger partial charge in [0.15, 0.2) is 0 Å². The van der Waals surface area contributed by atoms with Gasteiger partial charge in [-0.2, -0.15) is 0 Å². The molecule has 0 saturated heterocycles. The smallest absolute Gasteiger partial charge is 0.147 e. The normalized spacial score (nSPS) is 12.5. The third-order valence-electron chi connectivity index (χ3n) is 2.76. The van der Waals surface area contributed by atoms with Crippen LogP contribution in [-0.4, -0.2) is 22.6 Å². The minimum Gasteiger partial charge on any atom is -0.369 e. The number of anilines is 2. The topological polar surface area (TPSA) is 49.8 Å². The van der Waals surface area contributed by atoms with E-state index in [1.807, 2.05) is 0 Å². The molecule has 0 fully saturated rings. The molecule has 1 heterocycles. The first-order chi connectivity index (χ1) is 8.61. The SMILES string of the molecule is CCCNc1cncc(NC(C)CCC(C)C)n1. The van der Waals surface area contributed by atoms with Crippen molar-refractivity contribution in [1.29, 1.82) is 0 Å². The van der Waals surface area contributed by atoms with Gasteiger partial charge in [-0.25, -0.2) is 4.98 Å². The van der Waals surface area contributed by atoms with Gasteiger partial charge in [0.05, 0.1) is 12.4 Å². The number of aromatic nitrogens is 2. The summed E-state index contributed by atoms with van der Waals surface area (Å²) < 4.78 is 0. The van der Waals surface area contributed by atoms with Crippen LogP contribution in [0, 0.1) is 5.92 Å². The van der Waals surface area contributed by atoms with Crippen LogP contribution >= 0.6 is 0 Å². The summed E-state index contributed by atoms with van der Waals surface area (Å²) in [4.78, 5) is 8.69. The Morgan fingerprint density at radius 2 is 1.83 bits per heavy atom. The van der Waals surface area contributed by atoms with E-state index in [0.717, 1.165) is 36.9 Å². The predicted molar refractivity (Wildman–Crippen MR) is 78.0 cm³/mol. The van der Waals surface area contributed by atoms with Gasteiger partial charge >= 0.3 is 0 Å². The highest BCUT2D eigenvalue weighted by Crippen LogP contribution is 2.12. The first kappa shape index (κ1) is 14.7. The van der Waals surface area contributed by atoms with Gasteiger partial charge in [-0.3, -0.25) is 4.98 Å². The Bertz CT molecular complexity index is 338. The maximum Gasteiger partial charge on any atom is 0.147 e. The lowest BCUT2D eigenvalue weighted by atomic mass is 10.0. The number of hydrogen-bond donors (Lipinski definition) is 2. The second-order valence-electron chi connectivity index (χ2n) is 5.23. The van der Waals surface area contributed by atoms with Crippen LogP contribution in [0.15, 0.2) is 12.4 Å². The molecule has 1 unspecified atom stereocenters. The van der Waals surface area contributed by atoms with Crippen molar-refractivity contribution in [1.82, 2.24) is 9.97 Å². The average Bonchev–Trinajstić information content (AvgIpc) is 2.34. The van der Waals surface area contributed by atoms with Gasteiger partial charge in [0.2, 0.25) is 0 Å². The van der Waals surface area contributed by atoms with Gasteiger partial charge < -0.3 is 10.6 Å². The van der Waals surface area contributed by atoms with Crippen molar-refractivity contribution in [3.05, 3.63) is 12.4 Å². The molecule has 18 heavy (non-hydrogen) atoms. The largest absolute Gasteiger partial charge is 0.369 e. The van der Waals surface area contributed by atoms with Gasteiger partial charge in [-0.05, 0) is 32.1 Å². The molecule has 1 aromatic rings. The van der Waals surface area contributed by atoms with Crippen molar-refractivity contribution in [3.8, 4) is 0 Å². The van der Waals surface area contributed by atoms with Crippen molar-refractivity contribution in [2.24, 2.45) is 5.92 Å². The average molecular weight is 250 g/mol. The third-order valence-corrected chi connectivity index (χ3v) is 2.76. The fourth-order valence-electron chi connectivity index (χ4n) is 1.68. The summed E-state index contributed by atoms with van der Waals surface area (Å²) in [5.41, 5.74) is 0. The second-order valence-corrected chi connectivity index (χ2v) is 5.23. The van der Waals surface area contributed by atoms with Crippen LogP contribution in [0.4, 0.5) is 11.6 Å². The Kier molecular flexibility index (Phi) is 6.47. The van der Waals surface area contributed by atoms with E-state index in [1.54, 1.807) is 12.4 Å². The Balaban J connectivity index is 2.45. The molecule has 0 bridgehead atoms. The van der Waals surface area contributed by atoms with Crippen molar-refractivity contribution in [2.45, 2.75) is 53.0 Å². The van der Waals surface area contributed by atoms with E-state index in [2.05, 4.69) is 48.3 Å². The maximum atomic E-state index is 4.49. The summed E-state index contributed by atoms with van der Waals surface area (Å²) in [7, 11) is 0. The summed E-state index contributed by atoms with van der Waals surface area (Å²) in [6, 6.07) is 0.433. The Labute approximate surface area is 111 Å². The Morgan fingerprint density at radius 1 is 1.11 bits per heavy atom. The molecule has 4 heteroatoms. The van der Waals surface area contributed by atoms with E-state index in [1.165, 1.54) is 6.42 Å². The lowest BCUT2D eigenvalue weighted by molar-refractivity contribution is 0.527. The van der Waals surface area contributed by atoms with Crippen molar-refractivity contribution < 1.29 is 0 Å². The van der Waals surface area contributed by atoms with Crippen LogP contribution in [0.1, 0.15) is 47.0 Å². The van der Waals surface area contributed by atoms with Crippen LogP contribution < -0.4 is 10.6 Å². The van der Waals surface area contributed by atoms with Crippen LogP contribution in [0.25, 0.3) is 0 Å². The van der Waals surface area contributed by atoms with Crippen molar-refractivity contribution in [2.75, 3.05) is 17.2 Å². The van der Waals surface area contributed by atoms with Gasteiger partial charge in [0.25, 0.3) is 0 Å². The molecule has 4 nitrogen and oxygen atoms in total. The van der Waals surface area contributed by atoms with Crippen molar-refractivity contribution in [3.63, 3.8) is 0 Å². The molecule has 2 N–H and O–H groups in total. The molecule has 1 atom stereocenters. The van der Waals surface area contributed by atoms with E-state index in [-0.39, 0.29) is 0 Å². The molecule has 0 aliphatic heterocycles. The second kappa shape index (κ2) is 7.90. The molecule has 0 amide bonds. The van der Waals surface area contributed by atoms with Crippen LogP contribution in [0.2, 0.25) is 0 Å². The molecule has 1 rings (SSSR count). The number of hydrogen-bond acceptors (Lipinski definition) is 4. The monoisotopic (exact) mass is 250 g/mol. The zero-order valence-electron chi connectivity index (χ0n) is 12.0. The van der Waals surface area contributed by atoms with E-state index in [9.17, 15) is 0 Å². The Morgan fingerprint density at radius 3 is 2.50 bits per heavy atom. The van der Waals surface area contributed by atoms with Gasteiger partial charge in [-0.15, -0.1) is 0 Å². The summed E-state index contributed by atoms with van der Waals surface area (Å²) in [5, 5.41) is 6.65.